The molecule has 257 valence electrons. The second kappa shape index (κ2) is 18.0. The molecule has 4 heterocycles. The maximum Gasteiger partial charge on any atom is 0.319 e. The van der Waals surface area contributed by atoms with Crippen LogP contribution in [0.1, 0.15) is 55.8 Å². The summed E-state index contributed by atoms with van der Waals surface area (Å²) in [7, 11) is 0. The maximum atomic E-state index is 6.02. The van der Waals surface area contributed by atoms with Crippen LogP contribution in [0.4, 0.5) is 11.4 Å². The van der Waals surface area contributed by atoms with Gasteiger partial charge in [0.15, 0.2) is 18.7 Å². The molecule has 4 N–H and O–H groups in total. The number of hydrogen-bond acceptors (Lipinski definition) is 10. The third-order valence-corrected chi connectivity index (χ3v) is 7.73. The van der Waals surface area contributed by atoms with E-state index in [1.807, 2.05) is 60.9 Å². The van der Waals surface area contributed by atoms with Crippen LogP contribution in [0.3, 0.4) is 0 Å². The number of rotatable bonds is 17. The van der Waals surface area contributed by atoms with E-state index in [-0.39, 0.29) is 24.8 Å². The summed E-state index contributed by atoms with van der Waals surface area (Å²) in [5.74, 6) is 1.83. The molecular weight excluding hydrogens is 659 g/mol. The van der Waals surface area contributed by atoms with Crippen molar-refractivity contribution < 1.29 is 57.8 Å². The lowest BCUT2D eigenvalue weighted by Crippen LogP contribution is -3.00. The van der Waals surface area contributed by atoms with Crippen molar-refractivity contribution in [1.82, 2.24) is 14.5 Å². The van der Waals surface area contributed by atoms with Crippen molar-refractivity contribution in [2.45, 2.75) is 57.8 Å². The quantitative estimate of drug-likeness (QED) is 0.0986. The molecule has 0 bridgehead atoms. The van der Waals surface area contributed by atoms with Crippen molar-refractivity contribution >= 4 is 17.2 Å². The Balaban J connectivity index is 0.00000260. The lowest BCUT2D eigenvalue weighted by atomic mass is 10.2. The van der Waals surface area contributed by atoms with Crippen LogP contribution in [-0.4, -0.2) is 35.1 Å². The third-order valence-electron chi connectivity index (χ3n) is 7.73. The molecule has 0 spiro atoms. The first-order valence-electron chi connectivity index (χ1n) is 15.7. The number of nitrogens with two attached hydrogens (primary N) is 2. The van der Waals surface area contributed by atoms with Crippen LogP contribution in [0.2, 0.25) is 0 Å². The van der Waals surface area contributed by atoms with E-state index in [0.29, 0.717) is 36.5 Å². The number of hydrogen-bond donors (Lipinski definition) is 2. The zero-order valence-electron chi connectivity index (χ0n) is 26.5. The molecule has 14 heteroatoms. The predicted molar refractivity (Wildman–Crippen MR) is 170 cm³/mol. The van der Waals surface area contributed by atoms with Gasteiger partial charge in [-0.1, -0.05) is 29.3 Å². The number of aryl methyl sites for hydroxylation is 2. The van der Waals surface area contributed by atoms with Gasteiger partial charge in [-0.2, -0.15) is 0 Å². The molecule has 12 nitrogen and oxygen atoms in total. The molecule has 2 unspecified atom stereocenters. The van der Waals surface area contributed by atoms with E-state index in [9.17, 15) is 0 Å². The van der Waals surface area contributed by atoms with Crippen LogP contribution in [0.25, 0.3) is 0 Å². The van der Waals surface area contributed by atoms with Crippen molar-refractivity contribution in [2.75, 3.05) is 31.2 Å². The lowest BCUT2D eigenvalue weighted by Gasteiger charge is -2.14. The number of benzene rings is 2. The maximum absolute atomic E-state index is 6.02. The van der Waals surface area contributed by atoms with Crippen LogP contribution >= 0.6 is 0 Å². The van der Waals surface area contributed by atoms with E-state index in [2.05, 4.69) is 37.7 Å². The zero-order chi connectivity index (χ0) is 31.6. The molecule has 3 aliphatic heterocycles. The molecule has 0 amide bonds. The highest BCUT2D eigenvalue weighted by Gasteiger charge is 2.26. The Morgan fingerprint density at radius 1 is 0.771 bits per heavy atom. The summed E-state index contributed by atoms with van der Waals surface area (Å²) in [6.45, 7) is 3.64. The van der Waals surface area contributed by atoms with Crippen molar-refractivity contribution in [3.05, 3.63) is 115 Å². The third kappa shape index (κ3) is 9.68. The largest absolute Gasteiger partial charge is 1.00 e. The fourth-order valence-corrected chi connectivity index (χ4v) is 5.30. The van der Waals surface area contributed by atoms with Crippen LogP contribution in [0.15, 0.2) is 104 Å². The first-order chi connectivity index (χ1) is 22.6. The Morgan fingerprint density at radius 2 is 1.38 bits per heavy atom. The lowest BCUT2D eigenvalue weighted by molar-refractivity contribution is -0.696. The van der Waals surface area contributed by atoms with Crippen LogP contribution in [-0.2, 0) is 41.5 Å². The SMILES string of the molecule is Nc1ccccc1C1OC=C(OCCCN2C=C[N+]=C2CCCC[n+]2ccn(CCCOC3=COC(c4ccccc4N)O3)c2)O1.[Cl-].[Cl-]. The summed E-state index contributed by atoms with van der Waals surface area (Å²) in [4.78, 5) is 6.77. The topological polar surface area (TPSA) is 134 Å². The highest BCUT2D eigenvalue weighted by Crippen LogP contribution is 2.33. The second-order valence-electron chi connectivity index (χ2n) is 11.1. The van der Waals surface area contributed by atoms with E-state index in [1.165, 1.54) is 12.5 Å². The number of aliphatic imine (C=N–C) groups is 1. The van der Waals surface area contributed by atoms with Gasteiger partial charge in [0.2, 0.25) is 6.33 Å². The minimum atomic E-state index is -0.575. The number of amidine groups is 1. The van der Waals surface area contributed by atoms with E-state index < -0.39 is 12.6 Å². The molecule has 0 saturated carbocycles. The van der Waals surface area contributed by atoms with Gasteiger partial charge in [0, 0.05) is 24.2 Å². The summed E-state index contributed by atoms with van der Waals surface area (Å²) >= 11 is 0. The number of nitrogen functional groups attached to an aromatic ring is 2. The van der Waals surface area contributed by atoms with Crippen LogP contribution < -0.4 is 45.8 Å². The summed E-state index contributed by atoms with van der Waals surface area (Å²) in [6.07, 6.45) is 16.8. The molecular formula is C34H41Cl2N6O6. The first-order valence-corrected chi connectivity index (χ1v) is 15.7. The smallest absolute Gasteiger partial charge is 0.319 e. The van der Waals surface area contributed by atoms with Gasteiger partial charge in [0.05, 0.1) is 50.4 Å². The van der Waals surface area contributed by atoms with Crippen molar-refractivity contribution in [3.63, 3.8) is 0 Å². The molecule has 0 saturated heterocycles. The van der Waals surface area contributed by atoms with Gasteiger partial charge >= 0.3 is 11.9 Å². The number of anilines is 2. The molecule has 0 aliphatic carbocycles. The molecule has 6 rings (SSSR count). The standard InChI is InChI=1S/C34H41N6O6.2ClH/c35-28-11-3-1-9-26(28)33-43-23-31(45-33)41-21-7-16-39-20-19-38(25-39)15-6-5-13-30-37-14-18-40(30)17-8-22-42-32-24-44-34(46-32)27-10-2-4-12-29(27)36;;/h1-4,9-12,14,18-20,23-25,33-34H,5-8,13,15-17,21-22,35-36H2;2*1H/q+2;;/p-2. The van der Waals surface area contributed by atoms with Gasteiger partial charge in [-0.05, 0) is 37.1 Å². The number of imidazole rings is 1. The van der Waals surface area contributed by atoms with Crippen molar-refractivity contribution in [1.29, 1.82) is 0 Å². The van der Waals surface area contributed by atoms with E-state index in [4.69, 9.17) is 39.9 Å². The normalized spacial score (nSPS) is 17.5. The monoisotopic (exact) mass is 699 g/mol. The second-order valence-corrected chi connectivity index (χ2v) is 11.1. The molecule has 3 aromatic rings. The van der Waals surface area contributed by atoms with E-state index in [1.54, 1.807) is 0 Å². The Hall–Kier alpha value is -4.68. The van der Waals surface area contributed by atoms with Crippen molar-refractivity contribution in [3.8, 4) is 0 Å². The fourth-order valence-electron chi connectivity index (χ4n) is 5.30. The van der Waals surface area contributed by atoms with E-state index in [0.717, 1.165) is 68.7 Å². The van der Waals surface area contributed by atoms with Gasteiger partial charge in [-0.15, -0.1) is 0 Å². The van der Waals surface area contributed by atoms with Gasteiger partial charge in [-0.25, -0.2) is 14.0 Å². The van der Waals surface area contributed by atoms with Gasteiger partial charge < -0.3 is 64.7 Å². The van der Waals surface area contributed by atoms with Crippen LogP contribution in [0, 0.1) is 0 Å². The molecule has 2 atom stereocenters. The molecule has 0 fully saturated rings. The molecule has 48 heavy (non-hydrogen) atoms. The Morgan fingerprint density at radius 3 is 2.00 bits per heavy atom. The molecule has 3 aliphatic rings. The Kier molecular flexibility index (Phi) is 13.6. The minimum Gasteiger partial charge on any atom is -1.00 e. The fraction of sp³-hybridized carbons (Fsp3) is 0.353. The highest BCUT2D eigenvalue weighted by molar-refractivity contribution is 5.84. The molecule has 1 aromatic heterocycles. The number of aromatic nitrogens is 2. The number of ether oxygens (including phenoxy) is 6. The average molecular weight is 701 g/mol. The number of nitrogens with zero attached hydrogens (tertiary/aromatic N) is 4. The number of para-hydroxylation sites is 2. The Bertz CT molecular complexity index is 1600. The van der Waals surface area contributed by atoms with Gasteiger partial charge in [0.1, 0.15) is 18.6 Å². The van der Waals surface area contributed by atoms with Gasteiger partial charge in [0.25, 0.3) is 18.4 Å². The summed E-state index contributed by atoms with van der Waals surface area (Å²) in [5, 5.41) is 0. The minimum absolute atomic E-state index is 0. The zero-order valence-corrected chi connectivity index (χ0v) is 28.0. The first kappa shape index (κ1) is 36.2. The van der Waals surface area contributed by atoms with Gasteiger partial charge in [-0.3, -0.25) is 0 Å². The average Bonchev–Trinajstić information content (AvgIpc) is 3.89. The van der Waals surface area contributed by atoms with Crippen molar-refractivity contribution in [2.24, 2.45) is 0 Å². The number of halogens is 2. The predicted octanol–water partition coefficient (Wildman–Crippen LogP) is -1.46. The summed E-state index contributed by atoms with van der Waals surface area (Å²) in [5.41, 5.74) is 14.8. The summed E-state index contributed by atoms with van der Waals surface area (Å²) < 4.78 is 38.5. The van der Waals surface area contributed by atoms with E-state index >= 15 is 0 Å². The Labute approximate surface area is 293 Å². The molecule has 1 radical (unpaired) electrons. The number of unbranched alkanes of at least 4 members (excludes halogenated alkanes) is 1. The van der Waals surface area contributed by atoms with Crippen LogP contribution in [0.5, 0.6) is 0 Å². The molecule has 2 aromatic carbocycles. The highest BCUT2D eigenvalue weighted by atomic mass is 35.5. The summed E-state index contributed by atoms with van der Waals surface area (Å²) in [6, 6.07) is 15.0.